The number of benzene rings is 2. The van der Waals surface area contributed by atoms with Crippen molar-refractivity contribution in [2.45, 2.75) is 44.6 Å². The Kier molecular flexibility index (Phi) is 6.96. The topological polar surface area (TPSA) is 105 Å². The molecule has 33 heavy (non-hydrogen) atoms. The lowest BCUT2D eigenvalue weighted by molar-refractivity contribution is -0.138. The van der Waals surface area contributed by atoms with E-state index in [-0.39, 0.29) is 30.8 Å². The maximum Gasteiger partial charge on any atom is 0.407 e. The van der Waals surface area contributed by atoms with Gasteiger partial charge in [-0.05, 0) is 53.4 Å². The van der Waals surface area contributed by atoms with Crippen LogP contribution in [0.5, 0.6) is 0 Å². The number of amides is 2. The first-order valence-electron chi connectivity index (χ1n) is 11.6. The highest BCUT2D eigenvalue weighted by Crippen LogP contribution is 2.44. The van der Waals surface area contributed by atoms with Crippen molar-refractivity contribution in [3.63, 3.8) is 0 Å². The first kappa shape index (κ1) is 22.8. The smallest absolute Gasteiger partial charge is 0.407 e. The van der Waals surface area contributed by atoms with Crippen molar-refractivity contribution in [2.24, 2.45) is 11.8 Å². The number of carbonyl (C=O) groups is 3. The molecule has 3 N–H and O–H groups in total. The van der Waals surface area contributed by atoms with E-state index in [0.717, 1.165) is 35.1 Å². The molecule has 0 spiro atoms. The molecule has 1 saturated carbocycles. The van der Waals surface area contributed by atoms with Gasteiger partial charge >= 0.3 is 12.1 Å². The van der Waals surface area contributed by atoms with Gasteiger partial charge in [-0.15, -0.1) is 0 Å². The van der Waals surface area contributed by atoms with Crippen molar-refractivity contribution >= 4 is 18.0 Å². The molecule has 2 aromatic carbocycles. The van der Waals surface area contributed by atoms with Crippen molar-refractivity contribution in [3.8, 4) is 11.1 Å². The summed E-state index contributed by atoms with van der Waals surface area (Å²) in [7, 11) is 0. The Bertz CT molecular complexity index is 987. The second-order valence-electron chi connectivity index (χ2n) is 8.87. The summed E-state index contributed by atoms with van der Waals surface area (Å²) in [5, 5.41) is 14.6. The molecular weight excluding hydrogens is 420 g/mol. The number of aliphatic carboxylic acids is 1. The average molecular weight is 451 g/mol. The molecule has 2 aliphatic carbocycles. The van der Waals surface area contributed by atoms with E-state index in [2.05, 4.69) is 34.9 Å². The van der Waals surface area contributed by atoms with E-state index in [1.165, 1.54) is 0 Å². The van der Waals surface area contributed by atoms with Crippen molar-refractivity contribution in [3.05, 3.63) is 59.7 Å². The van der Waals surface area contributed by atoms with Gasteiger partial charge in [0.15, 0.2) is 0 Å². The van der Waals surface area contributed by atoms with Gasteiger partial charge in [0.05, 0.1) is 6.42 Å². The van der Waals surface area contributed by atoms with Gasteiger partial charge in [0.1, 0.15) is 12.6 Å². The molecule has 0 aliphatic heterocycles. The summed E-state index contributed by atoms with van der Waals surface area (Å²) in [5.41, 5.74) is 4.56. The number of carboxylic acid groups (broad SMARTS) is 1. The Morgan fingerprint density at radius 3 is 2.18 bits per heavy atom. The minimum atomic E-state index is -0.857. The number of alkyl carbamates (subject to hydrolysis) is 1. The van der Waals surface area contributed by atoms with Crippen LogP contribution >= 0.6 is 0 Å². The number of carbonyl (C=O) groups excluding carboxylic acids is 2. The fourth-order valence-corrected chi connectivity index (χ4v) is 4.69. The van der Waals surface area contributed by atoms with Crippen LogP contribution in [0, 0.1) is 11.8 Å². The molecule has 4 rings (SSSR count). The summed E-state index contributed by atoms with van der Waals surface area (Å²) in [6.45, 7) is 2.29. The molecule has 2 aromatic rings. The summed E-state index contributed by atoms with van der Waals surface area (Å²) in [6.07, 6.45) is 1.82. The van der Waals surface area contributed by atoms with Crippen LogP contribution in [-0.2, 0) is 14.3 Å². The van der Waals surface area contributed by atoms with E-state index in [1.54, 1.807) is 0 Å². The van der Waals surface area contributed by atoms with E-state index in [0.29, 0.717) is 18.9 Å². The largest absolute Gasteiger partial charge is 0.481 e. The van der Waals surface area contributed by atoms with Crippen LogP contribution in [0.1, 0.15) is 49.7 Å². The number of fused-ring (bicyclic) bond motifs is 3. The fourth-order valence-electron chi connectivity index (χ4n) is 4.69. The maximum absolute atomic E-state index is 12.6. The predicted octanol–water partition coefficient (Wildman–Crippen LogP) is 3.92. The standard InChI is InChI=1S/C26H30N2O5/c1-2-23(25(31)27-14-17(13-24(29)30)16-11-12-16)28-26(32)33-15-22-20-9-5-3-7-18(20)19-8-4-6-10-21(19)22/h3-10,16-17,22-23H,2,11-15H2,1H3,(H,27,31)(H,28,32)(H,29,30)/t17?,23-/m1/s1. The Hall–Kier alpha value is -3.35. The van der Waals surface area contributed by atoms with Crippen LogP contribution in [0.4, 0.5) is 4.79 Å². The van der Waals surface area contributed by atoms with E-state index in [9.17, 15) is 14.4 Å². The molecule has 174 valence electrons. The summed E-state index contributed by atoms with van der Waals surface area (Å²) in [6, 6.07) is 15.5. The van der Waals surface area contributed by atoms with Gasteiger partial charge in [-0.1, -0.05) is 55.5 Å². The molecular formula is C26H30N2O5. The number of carboxylic acids is 1. The monoisotopic (exact) mass is 450 g/mol. The molecule has 0 bridgehead atoms. The third kappa shape index (κ3) is 5.35. The van der Waals surface area contributed by atoms with Crippen LogP contribution < -0.4 is 10.6 Å². The molecule has 0 heterocycles. The zero-order chi connectivity index (χ0) is 23.4. The van der Waals surface area contributed by atoms with E-state index >= 15 is 0 Å². The van der Waals surface area contributed by atoms with Crippen LogP contribution in [0.15, 0.2) is 48.5 Å². The van der Waals surface area contributed by atoms with Crippen LogP contribution in [0.2, 0.25) is 0 Å². The number of ether oxygens (including phenoxy) is 1. The first-order chi connectivity index (χ1) is 16.0. The van der Waals surface area contributed by atoms with Crippen LogP contribution in [-0.4, -0.2) is 42.3 Å². The normalized spacial score (nSPS) is 16.3. The van der Waals surface area contributed by atoms with Gasteiger partial charge in [0, 0.05) is 12.5 Å². The number of nitrogens with one attached hydrogen (secondary N) is 2. The van der Waals surface area contributed by atoms with E-state index < -0.39 is 18.1 Å². The molecule has 1 fully saturated rings. The summed E-state index contributed by atoms with van der Waals surface area (Å²) < 4.78 is 5.54. The Labute approximate surface area is 193 Å². The third-order valence-electron chi connectivity index (χ3n) is 6.62. The molecule has 2 atom stereocenters. The molecule has 7 heteroatoms. The third-order valence-corrected chi connectivity index (χ3v) is 6.62. The van der Waals surface area contributed by atoms with E-state index in [1.807, 2.05) is 31.2 Å². The van der Waals surface area contributed by atoms with Crippen molar-refractivity contribution in [1.82, 2.24) is 10.6 Å². The second-order valence-corrected chi connectivity index (χ2v) is 8.87. The maximum atomic E-state index is 12.6. The summed E-state index contributed by atoms with van der Waals surface area (Å²) in [5.74, 6) is -0.936. The minimum absolute atomic E-state index is 0.0432. The van der Waals surface area contributed by atoms with Gasteiger partial charge in [-0.2, -0.15) is 0 Å². The average Bonchev–Trinajstić information content (AvgIpc) is 3.61. The fraction of sp³-hybridized carbons (Fsp3) is 0.423. The molecule has 0 radical (unpaired) electrons. The summed E-state index contributed by atoms with van der Waals surface area (Å²) in [4.78, 5) is 36.2. The van der Waals surface area contributed by atoms with Gasteiger partial charge in [0.2, 0.25) is 5.91 Å². The highest BCUT2D eigenvalue weighted by atomic mass is 16.5. The van der Waals surface area contributed by atoms with Crippen molar-refractivity contribution in [2.75, 3.05) is 13.2 Å². The first-order valence-corrected chi connectivity index (χ1v) is 11.6. The Morgan fingerprint density at radius 2 is 1.64 bits per heavy atom. The summed E-state index contributed by atoms with van der Waals surface area (Å²) >= 11 is 0. The van der Waals surface area contributed by atoms with Crippen molar-refractivity contribution < 1.29 is 24.2 Å². The molecule has 0 aromatic heterocycles. The lowest BCUT2D eigenvalue weighted by Crippen LogP contribution is -2.48. The zero-order valence-corrected chi connectivity index (χ0v) is 18.8. The predicted molar refractivity (Wildman–Crippen MR) is 124 cm³/mol. The molecule has 7 nitrogen and oxygen atoms in total. The number of hydrogen-bond acceptors (Lipinski definition) is 4. The van der Waals surface area contributed by atoms with E-state index in [4.69, 9.17) is 9.84 Å². The molecule has 0 saturated heterocycles. The second kappa shape index (κ2) is 10.1. The minimum Gasteiger partial charge on any atom is -0.481 e. The number of rotatable bonds is 10. The zero-order valence-electron chi connectivity index (χ0n) is 18.8. The van der Waals surface area contributed by atoms with Crippen LogP contribution in [0.25, 0.3) is 11.1 Å². The van der Waals surface area contributed by atoms with Gasteiger partial charge < -0.3 is 20.5 Å². The Balaban J connectivity index is 1.31. The quantitative estimate of drug-likeness (QED) is 0.509. The molecule has 1 unspecified atom stereocenters. The highest BCUT2D eigenvalue weighted by molar-refractivity contribution is 5.85. The molecule has 2 amide bonds. The van der Waals surface area contributed by atoms with Crippen molar-refractivity contribution in [1.29, 1.82) is 0 Å². The van der Waals surface area contributed by atoms with Gasteiger partial charge in [0.25, 0.3) is 0 Å². The van der Waals surface area contributed by atoms with Gasteiger partial charge in [-0.3, -0.25) is 9.59 Å². The lowest BCUT2D eigenvalue weighted by atomic mass is 9.98. The SMILES string of the molecule is CC[C@@H](NC(=O)OCC1c2ccccc2-c2ccccc21)C(=O)NCC(CC(=O)O)C1CC1. The number of hydrogen-bond donors (Lipinski definition) is 3. The van der Waals surface area contributed by atoms with Gasteiger partial charge in [-0.25, -0.2) is 4.79 Å². The van der Waals surface area contributed by atoms with Crippen LogP contribution in [0.3, 0.4) is 0 Å². The molecule has 2 aliphatic rings. The lowest BCUT2D eigenvalue weighted by Gasteiger charge is -2.20. The highest BCUT2D eigenvalue weighted by Gasteiger charge is 2.33. The Morgan fingerprint density at radius 1 is 1.03 bits per heavy atom.